The number of aryl methyl sites for hydroxylation is 1. The highest BCUT2D eigenvalue weighted by molar-refractivity contribution is 5.87. The van der Waals surface area contributed by atoms with Gasteiger partial charge in [0.1, 0.15) is 0 Å². The minimum atomic E-state index is -0.951. The Kier molecular flexibility index (Phi) is 4.96. The van der Waals surface area contributed by atoms with Gasteiger partial charge in [0.05, 0.1) is 5.56 Å². The molecule has 1 fully saturated rings. The summed E-state index contributed by atoms with van der Waals surface area (Å²) in [5.74, 6) is -0.513. The van der Waals surface area contributed by atoms with E-state index in [1.54, 1.807) is 12.3 Å². The molecule has 1 unspecified atom stereocenters. The molecule has 6 heteroatoms. The number of aromatic amines is 1. The van der Waals surface area contributed by atoms with Crippen molar-refractivity contribution in [1.29, 1.82) is 0 Å². The minimum Gasteiger partial charge on any atom is -0.478 e. The third-order valence-corrected chi connectivity index (χ3v) is 5.41. The first-order valence-corrected chi connectivity index (χ1v) is 9.50. The molecule has 0 aliphatic carbocycles. The number of carboxylic acids is 1. The Labute approximate surface area is 162 Å². The van der Waals surface area contributed by atoms with Gasteiger partial charge in [-0.2, -0.15) is 0 Å². The minimum absolute atomic E-state index is 0.0279. The van der Waals surface area contributed by atoms with Gasteiger partial charge in [-0.1, -0.05) is 12.1 Å². The van der Waals surface area contributed by atoms with E-state index in [4.69, 9.17) is 5.11 Å². The molecule has 4 rings (SSSR count). The zero-order valence-corrected chi connectivity index (χ0v) is 15.8. The molecule has 1 aliphatic rings. The molecule has 0 spiro atoms. The number of pyridine rings is 2. The maximum Gasteiger partial charge on any atom is 0.337 e. The summed E-state index contributed by atoms with van der Waals surface area (Å²) in [6.07, 6.45) is 4.95. The van der Waals surface area contributed by atoms with Gasteiger partial charge in [-0.25, -0.2) is 4.79 Å². The van der Waals surface area contributed by atoms with Gasteiger partial charge < -0.3 is 10.1 Å². The lowest BCUT2D eigenvalue weighted by Gasteiger charge is -2.16. The molecule has 3 aromatic rings. The number of carboxylic acid groups (broad SMARTS) is 1. The molecule has 0 amide bonds. The largest absolute Gasteiger partial charge is 0.478 e. The van der Waals surface area contributed by atoms with Crippen molar-refractivity contribution in [1.82, 2.24) is 14.9 Å². The molecule has 3 heterocycles. The number of hydrogen-bond donors (Lipinski definition) is 2. The summed E-state index contributed by atoms with van der Waals surface area (Å²) in [6, 6.07) is 9.77. The van der Waals surface area contributed by atoms with Crippen molar-refractivity contribution >= 4 is 16.9 Å². The maximum atomic E-state index is 12.5. The molecule has 2 aromatic heterocycles. The standard InChI is InChI=1S/C22H23N3O3/c1-14-2-3-17-9-19(21(26)24-20(17)6-14)13-25-5-4-15(12-25)7-16-8-18(22(27)28)11-23-10-16/h2-3,6,8-11,15H,4-5,7,12-13H2,1H3,(H,24,26)(H,27,28). The van der Waals surface area contributed by atoms with Gasteiger partial charge in [0.2, 0.25) is 0 Å². The topological polar surface area (TPSA) is 86.3 Å². The van der Waals surface area contributed by atoms with Crippen molar-refractivity contribution in [3.63, 3.8) is 0 Å². The fourth-order valence-electron chi connectivity index (χ4n) is 3.99. The van der Waals surface area contributed by atoms with Crippen molar-refractivity contribution in [2.75, 3.05) is 13.1 Å². The molecule has 2 N–H and O–H groups in total. The first kappa shape index (κ1) is 18.4. The smallest absolute Gasteiger partial charge is 0.337 e. The number of nitrogens with zero attached hydrogens (tertiary/aromatic N) is 2. The lowest BCUT2D eigenvalue weighted by molar-refractivity contribution is 0.0696. The molecule has 0 bridgehead atoms. The highest BCUT2D eigenvalue weighted by Gasteiger charge is 2.24. The third kappa shape index (κ3) is 3.97. The van der Waals surface area contributed by atoms with Crippen LogP contribution in [-0.4, -0.2) is 39.0 Å². The van der Waals surface area contributed by atoms with Gasteiger partial charge in [-0.3, -0.25) is 14.7 Å². The Morgan fingerprint density at radius 3 is 2.96 bits per heavy atom. The van der Waals surface area contributed by atoms with Gasteiger partial charge in [-0.15, -0.1) is 0 Å². The Balaban J connectivity index is 1.44. The van der Waals surface area contributed by atoms with E-state index in [1.807, 2.05) is 25.1 Å². The van der Waals surface area contributed by atoms with Gasteiger partial charge in [0.15, 0.2) is 0 Å². The van der Waals surface area contributed by atoms with Crippen LogP contribution >= 0.6 is 0 Å². The Hall–Kier alpha value is -2.99. The van der Waals surface area contributed by atoms with E-state index in [0.29, 0.717) is 12.5 Å². The summed E-state index contributed by atoms with van der Waals surface area (Å²) < 4.78 is 0. The molecule has 1 saturated heterocycles. The predicted molar refractivity (Wildman–Crippen MR) is 108 cm³/mol. The van der Waals surface area contributed by atoms with Crippen LogP contribution in [0.4, 0.5) is 0 Å². The predicted octanol–water partition coefficient (Wildman–Crippen LogP) is 2.99. The summed E-state index contributed by atoms with van der Waals surface area (Å²) >= 11 is 0. The van der Waals surface area contributed by atoms with E-state index < -0.39 is 5.97 Å². The van der Waals surface area contributed by atoms with Crippen LogP contribution in [0.25, 0.3) is 10.9 Å². The highest BCUT2D eigenvalue weighted by atomic mass is 16.4. The van der Waals surface area contributed by atoms with Crippen molar-refractivity contribution < 1.29 is 9.90 Å². The SMILES string of the molecule is Cc1ccc2cc(CN3CCC(Cc4cncc(C(=O)O)c4)C3)c(=O)[nH]c2c1. The van der Waals surface area contributed by atoms with Crippen molar-refractivity contribution in [3.05, 3.63) is 75.3 Å². The van der Waals surface area contributed by atoms with Crippen LogP contribution in [0.1, 0.15) is 33.5 Å². The van der Waals surface area contributed by atoms with E-state index in [0.717, 1.165) is 53.5 Å². The fourth-order valence-corrected chi connectivity index (χ4v) is 3.99. The number of H-pyrrole nitrogens is 1. The number of aromatic carboxylic acids is 1. The molecule has 0 saturated carbocycles. The molecule has 6 nitrogen and oxygen atoms in total. The monoisotopic (exact) mass is 377 g/mol. The summed E-state index contributed by atoms with van der Waals surface area (Å²) in [6.45, 7) is 4.46. The zero-order valence-electron chi connectivity index (χ0n) is 15.8. The van der Waals surface area contributed by atoms with Gasteiger partial charge >= 0.3 is 5.97 Å². The number of benzene rings is 1. The van der Waals surface area contributed by atoms with E-state index in [2.05, 4.69) is 20.9 Å². The maximum absolute atomic E-state index is 12.5. The average Bonchev–Trinajstić information content (AvgIpc) is 3.09. The van der Waals surface area contributed by atoms with Gasteiger partial charge in [0, 0.05) is 36.6 Å². The van der Waals surface area contributed by atoms with Crippen LogP contribution in [0.15, 0.2) is 47.5 Å². The van der Waals surface area contributed by atoms with E-state index >= 15 is 0 Å². The van der Waals surface area contributed by atoms with E-state index in [-0.39, 0.29) is 11.1 Å². The highest BCUT2D eigenvalue weighted by Crippen LogP contribution is 2.23. The van der Waals surface area contributed by atoms with Crippen LogP contribution in [0.5, 0.6) is 0 Å². The molecule has 28 heavy (non-hydrogen) atoms. The van der Waals surface area contributed by atoms with Crippen LogP contribution in [0, 0.1) is 12.8 Å². The number of carbonyl (C=O) groups is 1. The van der Waals surface area contributed by atoms with Crippen LogP contribution in [0.2, 0.25) is 0 Å². The normalized spacial score (nSPS) is 17.2. The Morgan fingerprint density at radius 1 is 1.29 bits per heavy atom. The van der Waals surface area contributed by atoms with Crippen LogP contribution in [-0.2, 0) is 13.0 Å². The molecule has 144 valence electrons. The van der Waals surface area contributed by atoms with Gasteiger partial charge in [0.25, 0.3) is 5.56 Å². The molecule has 1 aromatic carbocycles. The second-order valence-electron chi connectivity index (χ2n) is 7.70. The third-order valence-electron chi connectivity index (χ3n) is 5.41. The fraction of sp³-hybridized carbons (Fsp3) is 0.318. The molecular weight excluding hydrogens is 354 g/mol. The quantitative estimate of drug-likeness (QED) is 0.714. The first-order chi connectivity index (χ1) is 13.5. The van der Waals surface area contributed by atoms with E-state index in [1.165, 1.54) is 6.20 Å². The Morgan fingerprint density at radius 2 is 2.14 bits per heavy atom. The lowest BCUT2D eigenvalue weighted by atomic mass is 9.99. The molecular formula is C22H23N3O3. The molecule has 1 aliphatic heterocycles. The lowest BCUT2D eigenvalue weighted by Crippen LogP contribution is -2.25. The van der Waals surface area contributed by atoms with E-state index in [9.17, 15) is 9.59 Å². The van der Waals surface area contributed by atoms with Crippen molar-refractivity contribution in [2.24, 2.45) is 5.92 Å². The van der Waals surface area contributed by atoms with Crippen LogP contribution in [0.3, 0.4) is 0 Å². The van der Waals surface area contributed by atoms with Crippen molar-refractivity contribution in [3.8, 4) is 0 Å². The Bertz CT molecular complexity index is 1090. The first-order valence-electron chi connectivity index (χ1n) is 9.50. The molecule has 0 radical (unpaired) electrons. The summed E-state index contributed by atoms with van der Waals surface area (Å²) in [5, 5.41) is 10.2. The molecule has 1 atom stereocenters. The summed E-state index contributed by atoms with van der Waals surface area (Å²) in [7, 11) is 0. The summed E-state index contributed by atoms with van der Waals surface area (Å²) in [4.78, 5) is 32.9. The zero-order chi connectivity index (χ0) is 19.7. The van der Waals surface area contributed by atoms with Crippen LogP contribution < -0.4 is 5.56 Å². The second kappa shape index (κ2) is 7.56. The van der Waals surface area contributed by atoms with Crippen molar-refractivity contribution in [2.45, 2.75) is 26.3 Å². The number of aromatic nitrogens is 2. The number of nitrogens with one attached hydrogen (secondary N) is 1. The number of hydrogen-bond acceptors (Lipinski definition) is 4. The average molecular weight is 377 g/mol. The number of fused-ring (bicyclic) bond motifs is 1. The van der Waals surface area contributed by atoms with Gasteiger partial charge in [-0.05, 0) is 66.9 Å². The number of rotatable bonds is 5. The second-order valence-corrected chi connectivity index (χ2v) is 7.70. The summed E-state index contributed by atoms with van der Waals surface area (Å²) in [5.41, 5.74) is 3.93. The number of likely N-dealkylation sites (tertiary alicyclic amines) is 1.